The first kappa shape index (κ1) is 21.2. The molecule has 2 aliphatic rings. The third-order valence-corrected chi connectivity index (χ3v) is 6.61. The van der Waals surface area contributed by atoms with E-state index in [1.54, 1.807) is 18.3 Å². The van der Waals surface area contributed by atoms with Crippen molar-refractivity contribution in [3.8, 4) is 28.9 Å². The molecule has 0 saturated heterocycles. The van der Waals surface area contributed by atoms with Crippen molar-refractivity contribution >= 4 is 5.82 Å². The first-order valence-electron chi connectivity index (χ1n) is 11.4. The molecule has 2 aliphatic carbocycles. The second-order valence-electron chi connectivity index (χ2n) is 8.72. The predicted octanol–water partition coefficient (Wildman–Crippen LogP) is 3.58. The molecular formula is C23H25FN8O. The predicted molar refractivity (Wildman–Crippen MR) is 118 cm³/mol. The second kappa shape index (κ2) is 8.73. The molecule has 9 nitrogen and oxygen atoms in total. The lowest BCUT2D eigenvalue weighted by Gasteiger charge is -2.40. The lowest BCUT2D eigenvalue weighted by atomic mass is 9.81. The minimum absolute atomic E-state index is 0.0423. The normalized spacial score (nSPS) is 22.6. The Morgan fingerprint density at radius 2 is 2.06 bits per heavy atom. The van der Waals surface area contributed by atoms with Gasteiger partial charge in [0.1, 0.15) is 24.3 Å². The van der Waals surface area contributed by atoms with Gasteiger partial charge in [0, 0.05) is 12.1 Å². The van der Waals surface area contributed by atoms with E-state index in [9.17, 15) is 5.11 Å². The Labute approximate surface area is 190 Å². The van der Waals surface area contributed by atoms with Gasteiger partial charge in [0.15, 0.2) is 11.6 Å². The summed E-state index contributed by atoms with van der Waals surface area (Å²) < 4.78 is 16.7. The minimum Gasteiger partial charge on any atom is -0.507 e. The molecule has 2 fully saturated rings. The first-order valence-corrected chi connectivity index (χ1v) is 11.4. The van der Waals surface area contributed by atoms with Gasteiger partial charge in [0.2, 0.25) is 0 Å². The summed E-state index contributed by atoms with van der Waals surface area (Å²) in [5.41, 5.74) is 0.968. The van der Waals surface area contributed by atoms with Gasteiger partial charge in [0.25, 0.3) is 5.82 Å². The van der Waals surface area contributed by atoms with Crippen LogP contribution < -0.4 is 4.90 Å². The lowest BCUT2D eigenvalue weighted by molar-refractivity contribution is 0.130. The van der Waals surface area contributed by atoms with Crippen molar-refractivity contribution in [1.29, 1.82) is 5.26 Å². The third-order valence-electron chi connectivity index (χ3n) is 6.61. The SMILES string of the molecule is CC[C@@H]1CCC[C@H](N(c2cnc(-c3ccc(-n4cnc(C#N)n4)cc3O)nn2)C2CC2)[C@@H]1F. The number of phenolic OH excluding ortho intramolecular Hbond substituents is 1. The summed E-state index contributed by atoms with van der Waals surface area (Å²) in [6, 6.07) is 6.86. The van der Waals surface area contributed by atoms with Gasteiger partial charge in [-0.1, -0.05) is 19.8 Å². The number of anilines is 1. The van der Waals surface area contributed by atoms with E-state index in [0.717, 1.165) is 38.5 Å². The summed E-state index contributed by atoms with van der Waals surface area (Å²) in [5.74, 6) is 0.961. The van der Waals surface area contributed by atoms with Crippen LogP contribution in [0.5, 0.6) is 5.75 Å². The lowest BCUT2D eigenvalue weighted by Crippen LogP contribution is -2.49. The Bertz CT molecular complexity index is 1170. The Kier molecular flexibility index (Phi) is 5.62. The number of halogens is 1. The van der Waals surface area contributed by atoms with Crippen molar-refractivity contribution in [2.24, 2.45) is 5.92 Å². The van der Waals surface area contributed by atoms with Crippen LogP contribution in [-0.2, 0) is 0 Å². The summed E-state index contributed by atoms with van der Waals surface area (Å²) in [7, 11) is 0. The number of phenols is 1. The van der Waals surface area contributed by atoms with Crippen LogP contribution in [0.2, 0.25) is 0 Å². The van der Waals surface area contributed by atoms with Crippen LogP contribution in [-0.4, -0.2) is 53.3 Å². The summed E-state index contributed by atoms with van der Waals surface area (Å²) in [5, 5.41) is 32.1. The molecule has 2 saturated carbocycles. The molecule has 0 bridgehead atoms. The molecule has 1 aromatic carbocycles. The smallest absolute Gasteiger partial charge is 0.252 e. The largest absolute Gasteiger partial charge is 0.507 e. The molecule has 33 heavy (non-hydrogen) atoms. The first-order chi connectivity index (χ1) is 16.1. The summed E-state index contributed by atoms with van der Waals surface area (Å²) in [6.45, 7) is 2.06. The van der Waals surface area contributed by atoms with Crippen LogP contribution in [0.25, 0.3) is 17.1 Å². The van der Waals surface area contributed by atoms with Gasteiger partial charge in [-0.15, -0.1) is 15.3 Å². The van der Waals surface area contributed by atoms with Crippen molar-refractivity contribution in [3.05, 3.63) is 36.5 Å². The number of benzene rings is 1. The molecule has 3 aromatic rings. The highest BCUT2D eigenvalue weighted by Gasteiger charge is 2.42. The standard InChI is InChI=1S/C23H25FN8O/c1-2-14-4-3-5-18(22(14)24)32(15-6-7-15)21-12-26-23(29-28-21)17-9-8-16(10-19(17)33)31-13-27-20(11-25)30-31/h8-10,12-15,18,22,33H,2-7H2,1H3/t14-,18+,22-/m1/s1. The van der Waals surface area contributed by atoms with Gasteiger partial charge in [-0.3, -0.25) is 0 Å². The van der Waals surface area contributed by atoms with E-state index >= 15 is 4.39 Å². The highest BCUT2D eigenvalue weighted by molar-refractivity contribution is 5.66. The summed E-state index contributed by atoms with van der Waals surface area (Å²) >= 11 is 0. The highest BCUT2D eigenvalue weighted by Crippen LogP contribution is 2.40. The number of aromatic nitrogens is 6. The average molecular weight is 449 g/mol. The second-order valence-corrected chi connectivity index (χ2v) is 8.72. The monoisotopic (exact) mass is 448 g/mol. The van der Waals surface area contributed by atoms with Crippen LogP contribution in [0.15, 0.2) is 30.7 Å². The Morgan fingerprint density at radius 3 is 2.70 bits per heavy atom. The van der Waals surface area contributed by atoms with Crippen LogP contribution in [0, 0.1) is 17.2 Å². The molecule has 0 aliphatic heterocycles. The molecule has 2 aromatic heterocycles. The number of rotatable bonds is 6. The number of hydrogen-bond donors (Lipinski definition) is 1. The Morgan fingerprint density at radius 1 is 1.21 bits per heavy atom. The van der Waals surface area contributed by atoms with Gasteiger partial charge < -0.3 is 10.0 Å². The van der Waals surface area contributed by atoms with Crippen molar-refractivity contribution in [2.45, 2.75) is 63.7 Å². The molecule has 1 N–H and O–H groups in total. The van der Waals surface area contributed by atoms with Gasteiger partial charge in [-0.2, -0.15) is 5.26 Å². The fourth-order valence-electron chi connectivity index (χ4n) is 4.73. The van der Waals surface area contributed by atoms with Crippen molar-refractivity contribution in [2.75, 3.05) is 4.90 Å². The third kappa shape index (κ3) is 4.11. The number of aromatic hydroxyl groups is 1. The molecule has 0 amide bonds. The van der Waals surface area contributed by atoms with Crippen molar-refractivity contribution in [3.63, 3.8) is 0 Å². The van der Waals surface area contributed by atoms with Crippen LogP contribution in [0.1, 0.15) is 51.3 Å². The number of nitrogens with zero attached hydrogens (tertiary/aromatic N) is 8. The van der Waals surface area contributed by atoms with Gasteiger partial charge in [-0.05, 0) is 43.7 Å². The van der Waals surface area contributed by atoms with E-state index in [-0.39, 0.29) is 29.4 Å². The van der Waals surface area contributed by atoms with E-state index < -0.39 is 6.17 Å². The maximum atomic E-state index is 15.3. The number of hydrogen-bond acceptors (Lipinski definition) is 8. The van der Waals surface area contributed by atoms with Crippen LogP contribution in [0.4, 0.5) is 10.2 Å². The van der Waals surface area contributed by atoms with Gasteiger partial charge in [-0.25, -0.2) is 19.0 Å². The van der Waals surface area contributed by atoms with Crippen molar-refractivity contribution in [1.82, 2.24) is 29.9 Å². The van der Waals surface area contributed by atoms with Crippen LogP contribution >= 0.6 is 0 Å². The Hall–Kier alpha value is -3.61. The van der Waals surface area contributed by atoms with E-state index in [4.69, 9.17) is 5.26 Å². The van der Waals surface area contributed by atoms with E-state index in [1.165, 1.54) is 17.1 Å². The molecule has 5 rings (SSSR count). The maximum absolute atomic E-state index is 15.3. The van der Waals surface area contributed by atoms with Gasteiger partial charge >= 0.3 is 0 Å². The fraction of sp³-hybridized carbons (Fsp3) is 0.478. The zero-order valence-corrected chi connectivity index (χ0v) is 18.3. The molecule has 170 valence electrons. The molecular weight excluding hydrogens is 423 g/mol. The minimum atomic E-state index is -0.874. The Balaban J connectivity index is 1.39. The molecule has 0 spiro atoms. The number of alkyl halides is 1. The fourth-order valence-corrected chi connectivity index (χ4v) is 4.73. The average Bonchev–Trinajstić information content (AvgIpc) is 3.55. The van der Waals surface area contributed by atoms with Gasteiger partial charge in [0.05, 0.1) is 23.5 Å². The molecule has 2 heterocycles. The van der Waals surface area contributed by atoms with Crippen molar-refractivity contribution < 1.29 is 9.50 Å². The maximum Gasteiger partial charge on any atom is 0.252 e. The highest BCUT2D eigenvalue weighted by atomic mass is 19.1. The molecule has 3 atom stereocenters. The summed E-state index contributed by atoms with van der Waals surface area (Å²) in [6.07, 6.45) is 7.84. The molecule has 0 radical (unpaired) electrons. The molecule has 0 unspecified atom stereocenters. The zero-order chi connectivity index (χ0) is 22.9. The molecule has 10 heteroatoms. The quantitative estimate of drug-likeness (QED) is 0.608. The van der Waals surface area contributed by atoms with E-state index in [1.807, 2.05) is 6.07 Å². The topological polar surface area (TPSA) is 117 Å². The number of nitriles is 1. The van der Waals surface area contributed by atoms with E-state index in [2.05, 4.69) is 37.1 Å². The van der Waals surface area contributed by atoms with E-state index in [0.29, 0.717) is 23.1 Å². The zero-order valence-electron chi connectivity index (χ0n) is 18.3. The van der Waals surface area contributed by atoms with Crippen LogP contribution in [0.3, 0.4) is 0 Å². The summed E-state index contributed by atoms with van der Waals surface area (Å²) in [4.78, 5) is 10.4.